The molecule has 16 heteroatoms. The lowest BCUT2D eigenvalue weighted by molar-refractivity contribution is -0.136. The normalized spacial score (nSPS) is 19.2. The molecule has 0 spiro atoms. The number of halogens is 1. The summed E-state index contributed by atoms with van der Waals surface area (Å²) in [6, 6.07) is 11.8. The summed E-state index contributed by atoms with van der Waals surface area (Å²) < 4.78 is 3.20. The molecule has 1 unspecified atom stereocenters. The first-order valence-electron chi connectivity index (χ1n) is 18.4. The fourth-order valence-corrected chi connectivity index (χ4v) is 8.44. The summed E-state index contributed by atoms with van der Waals surface area (Å²) in [6.45, 7) is 14.4. The van der Waals surface area contributed by atoms with Crippen molar-refractivity contribution in [1.29, 1.82) is 0 Å². The number of fused-ring (bicyclic) bond motifs is 2. The first-order chi connectivity index (χ1) is 26.5. The van der Waals surface area contributed by atoms with E-state index < -0.39 is 18.0 Å². The number of nitrogens with one attached hydrogen (secondary N) is 2. The van der Waals surface area contributed by atoms with Crippen molar-refractivity contribution < 1.29 is 14.4 Å². The van der Waals surface area contributed by atoms with Crippen LogP contribution in [0.25, 0.3) is 15.8 Å². The number of rotatable bonds is 11. The number of imide groups is 1. The van der Waals surface area contributed by atoms with Crippen molar-refractivity contribution in [3.63, 3.8) is 0 Å². The van der Waals surface area contributed by atoms with Gasteiger partial charge in [-0.3, -0.25) is 39.0 Å². The number of piperidine rings is 1. The minimum absolute atomic E-state index is 0.0965. The van der Waals surface area contributed by atoms with Crippen LogP contribution in [-0.2, 0) is 14.4 Å². The number of aromatic nitrogens is 5. The van der Waals surface area contributed by atoms with Gasteiger partial charge in [-0.25, -0.2) is 4.68 Å². The minimum atomic E-state index is -0.817. The van der Waals surface area contributed by atoms with Gasteiger partial charge in [0.05, 0.1) is 28.7 Å². The molecule has 4 aromatic rings. The molecule has 286 valence electrons. The van der Waals surface area contributed by atoms with Gasteiger partial charge in [0, 0.05) is 72.9 Å². The topological polar surface area (TPSA) is 160 Å². The van der Waals surface area contributed by atoms with E-state index >= 15 is 0 Å². The Hall–Kier alpha value is -5.12. The number of nitrogens with zero attached hydrogens (tertiary/aromatic N) is 8. The predicted molar refractivity (Wildman–Crippen MR) is 215 cm³/mol. The van der Waals surface area contributed by atoms with Crippen LogP contribution in [-0.4, -0.2) is 97.9 Å². The van der Waals surface area contributed by atoms with Crippen molar-refractivity contribution in [2.45, 2.75) is 52.1 Å². The molecule has 55 heavy (non-hydrogen) atoms. The molecule has 0 saturated carbocycles. The summed E-state index contributed by atoms with van der Waals surface area (Å²) >= 11 is 7.91. The number of benzene rings is 2. The standard InChI is InChI=1S/C39H43ClN10O4S/c1-5-55-39-34(23(2)3)35(25-6-9-27(40)10-7-25)43-30(36-46-45-24(4)49(36)39)21-33(52)41-14-15-47-16-18-48(19-17-47)28-11-8-26-22-42-50(38(54)29(26)20-28)31-12-13-32(51)44-37(31)53/h6-11,20,22,30-31H,2,5,12-19,21H2,1,3-4H3,(H,41,52)(H,44,51,53)/t30-,31?/m0/s1. The average Bonchev–Trinajstić information content (AvgIpc) is 3.49. The number of carbonyl (C=O) groups is 3. The molecular weight excluding hydrogens is 740 g/mol. The maximum atomic E-state index is 13.5. The van der Waals surface area contributed by atoms with Crippen LogP contribution in [0.1, 0.15) is 62.4 Å². The third-order valence-corrected chi connectivity index (χ3v) is 11.3. The second-order valence-corrected chi connectivity index (χ2v) is 15.5. The zero-order valence-corrected chi connectivity index (χ0v) is 32.6. The molecule has 2 atom stereocenters. The fraction of sp³-hybridized carbons (Fsp3) is 0.385. The number of aliphatic imine (C=N–C) groups is 1. The molecule has 7 rings (SSSR count). The highest BCUT2D eigenvalue weighted by atomic mass is 35.5. The van der Waals surface area contributed by atoms with E-state index in [0.717, 1.165) is 65.1 Å². The highest BCUT2D eigenvalue weighted by molar-refractivity contribution is 8.07. The summed E-state index contributed by atoms with van der Waals surface area (Å²) in [6.07, 6.45) is 2.08. The third kappa shape index (κ3) is 8.00. The fourth-order valence-electron chi connectivity index (χ4n) is 7.27. The second kappa shape index (κ2) is 16.3. The Morgan fingerprint density at radius 2 is 1.84 bits per heavy atom. The lowest BCUT2D eigenvalue weighted by atomic mass is 9.98. The molecule has 0 radical (unpaired) electrons. The molecule has 5 heterocycles. The minimum Gasteiger partial charge on any atom is -0.369 e. The molecule has 0 aliphatic carbocycles. The highest BCUT2D eigenvalue weighted by Crippen LogP contribution is 2.39. The highest BCUT2D eigenvalue weighted by Gasteiger charge is 2.33. The number of allylic oxidation sites excluding steroid dienone is 2. The van der Waals surface area contributed by atoms with Gasteiger partial charge < -0.3 is 10.2 Å². The number of amides is 3. The molecule has 3 amide bonds. The third-order valence-electron chi connectivity index (χ3n) is 10.1. The molecule has 14 nitrogen and oxygen atoms in total. The number of aryl methyl sites for hydroxylation is 1. The maximum absolute atomic E-state index is 13.5. The molecule has 2 saturated heterocycles. The molecule has 2 aromatic heterocycles. The molecule has 3 aliphatic heterocycles. The average molecular weight is 783 g/mol. The van der Waals surface area contributed by atoms with Gasteiger partial charge >= 0.3 is 0 Å². The van der Waals surface area contributed by atoms with Crippen LogP contribution in [0, 0.1) is 6.92 Å². The number of hydrogen-bond acceptors (Lipinski definition) is 11. The van der Waals surface area contributed by atoms with E-state index in [9.17, 15) is 19.2 Å². The van der Waals surface area contributed by atoms with Gasteiger partial charge in [-0.15, -0.1) is 22.0 Å². The van der Waals surface area contributed by atoms with Crippen LogP contribution in [0.3, 0.4) is 0 Å². The zero-order valence-electron chi connectivity index (χ0n) is 31.0. The Morgan fingerprint density at radius 1 is 1.07 bits per heavy atom. The van der Waals surface area contributed by atoms with Crippen molar-refractivity contribution in [1.82, 2.24) is 40.1 Å². The van der Waals surface area contributed by atoms with E-state index in [1.807, 2.05) is 60.9 Å². The van der Waals surface area contributed by atoms with Crippen LogP contribution in [0.15, 0.2) is 76.2 Å². The van der Waals surface area contributed by atoms with Gasteiger partial charge in [-0.2, -0.15) is 5.10 Å². The molecule has 2 N–H and O–H groups in total. The van der Waals surface area contributed by atoms with Crippen molar-refractivity contribution >= 4 is 68.3 Å². The van der Waals surface area contributed by atoms with Gasteiger partial charge in [0.1, 0.15) is 17.9 Å². The van der Waals surface area contributed by atoms with Crippen LogP contribution < -0.4 is 21.1 Å². The quantitative estimate of drug-likeness (QED) is 0.210. The van der Waals surface area contributed by atoms with E-state index in [1.165, 1.54) is 4.68 Å². The Bertz CT molecular complexity index is 2290. The van der Waals surface area contributed by atoms with E-state index in [-0.39, 0.29) is 36.6 Å². The molecule has 3 aliphatic rings. The first-order valence-corrected chi connectivity index (χ1v) is 19.8. The lowest BCUT2D eigenvalue weighted by Crippen LogP contribution is -2.48. The van der Waals surface area contributed by atoms with Crippen molar-refractivity contribution in [3.8, 4) is 0 Å². The summed E-state index contributed by atoms with van der Waals surface area (Å²) in [4.78, 5) is 60.8. The van der Waals surface area contributed by atoms with Gasteiger partial charge in [0.25, 0.3) is 11.5 Å². The number of thioether (sulfide) groups is 1. The number of hydrogen-bond donors (Lipinski definition) is 2. The Balaban J connectivity index is 0.995. The van der Waals surface area contributed by atoms with Crippen molar-refractivity contribution in [2.24, 2.45) is 4.99 Å². The van der Waals surface area contributed by atoms with Gasteiger partial charge in [0.15, 0.2) is 5.82 Å². The SMILES string of the molecule is C=C(C)C1=C(SCC)n2c(C)nnc2[C@H](CC(=O)NCCN2CCN(c3ccc4cnn(C5CCC(=O)NC5=O)c(=O)c4c3)CC2)N=C1c1ccc(Cl)cc1. The molecule has 0 bridgehead atoms. The van der Waals surface area contributed by atoms with Crippen molar-refractivity contribution in [2.75, 3.05) is 49.9 Å². The number of piperazine rings is 1. The van der Waals surface area contributed by atoms with Gasteiger partial charge in [-0.1, -0.05) is 43.3 Å². The summed E-state index contributed by atoms with van der Waals surface area (Å²) in [7, 11) is 0. The smallest absolute Gasteiger partial charge is 0.275 e. The van der Waals surface area contributed by atoms with Crippen LogP contribution in [0.4, 0.5) is 5.69 Å². The second-order valence-electron chi connectivity index (χ2n) is 13.9. The van der Waals surface area contributed by atoms with Crippen LogP contribution >= 0.6 is 23.4 Å². The summed E-state index contributed by atoms with van der Waals surface area (Å²) in [5.74, 6) is 1.15. The maximum Gasteiger partial charge on any atom is 0.275 e. The van der Waals surface area contributed by atoms with Crippen LogP contribution in [0.2, 0.25) is 5.02 Å². The predicted octanol–water partition coefficient (Wildman–Crippen LogP) is 4.30. The Labute approximate surface area is 327 Å². The Kier molecular flexibility index (Phi) is 11.3. The molecule has 2 aromatic carbocycles. The first kappa shape index (κ1) is 38.2. The van der Waals surface area contributed by atoms with E-state index in [4.69, 9.17) is 16.6 Å². The number of carbonyl (C=O) groups excluding carboxylic acids is 3. The lowest BCUT2D eigenvalue weighted by Gasteiger charge is -2.36. The zero-order chi connectivity index (χ0) is 38.8. The van der Waals surface area contributed by atoms with E-state index in [2.05, 4.69) is 49.2 Å². The Morgan fingerprint density at radius 3 is 2.55 bits per heavy atom. The van der Waals surface area contributed by atoms with Gasteiger partial charge in [-0.05, 0) is 55.9 Å². The van der Waals surface area contributed by atoms with Crippen molar-refractivity contribution in [3.05, 3.63) is 99.0 Å². The van der Waals surface area contributed by atoms with E-state index in [1.54, 1.807) is 18.0 Å². The summed E-state index contributed by atoms with van der Waals surface area (Å²) in [5, 5.41) is 21.3. The van der Waals surface area contributed by atoms with E-state index in [0.29, 0.717) is 40.5 Å². The largest absolute Gasteiger partial charge is 0.369 e. The molecule has 2 fully saturated rings. The summed E-state index contributed by atoms with van der Waals surface area (Å²) in [5.41, 5.74) is 3.91. The van der Waals surface area contributed by atoms with Crippen LogP contribution in [0.5, 0.6) is 0 Å². The molecular formula is C39H43ClN10O4S. The monoisotopic (exact) mass is 782 g/mol. The van der Waals surface area contributed by atoms with Gasteiger partial charge in [0.2, 0.25) is 11.8 Å². The number of anilines is 1.